The van der Waals surface area contributed by atoms with Crippen molar-refractivity contribution in [1.29, 1.82) is 1.43 Å². The molecule has 0 radical (unpaired) electrons. The van der Waals surface area contributed by atoms with Gasteiger partial charge in [-0.05, 0) is 13.8 Å². The summed E-state index contributed by atoms with van der Waals surface area (Å²) in [5, 5.41) is 4.71. The summed E-state index contributed by atoms with van der Waals surface area (Å²) < 4.78 is 22.8. The number of carbonyl (C=O) groups is 1. The summed E-state index contributed by atoms with van der Waals surface area (Å²) in [6.07, 6.45) is -1.08. The smallest absolute Gasteiger partial charge is 0.303 e. The summed E-state index contributed by atoms with van der Waals surface area (Å²) in [6.45, 7) is 4.79. The lowest BCUT2D eigenvalue weighted by molar-refractivity contribution is -0.270. The standard InChI is InChI=1S/C10H18O5/c1-6-9(15-7(2)11)10(3,12)5-8(13-4)14-6/h6,8-9,12H,5H2,1-4H3/t6-,8+,9+,10+/m0/s1/i12D. The lowest BCUT2D eigenvalue weighted by Gasteiger charge is -2.43. The molecule has 0 saturated carbocycles. The van der Waals surface area contributed by atoms with E-state index < -0.39 is 24.0 Å². The molecule has 1 saturated heterocycles. The van der Waals surface area contributed by atoms with Crippen molar-refractivity contribution >= 4 is 5.97 Å². The lowest BCUT2D eigenvalue weighted by atomic mass is 9.88. The molecule has 88 valence electrons. The Bertz CT molecular complexity index is 260. The summed E-state index contributed by atoms with van der Waals surface area (Å²) >= 11 is 0. The summed E-state index contributed by atoms with van der Waals surface area (Å²) in [5.41, 5.74) is -0.913. The Morgan fingerprint density at radius 1 is 1.73 bits per heavy atom. The van der Waals surface area contributed by atoms with Gasteiger partial charge in [0.25, 0.3) is 0 Å². The highest BCUT2D eigenvalue weighted by molar-refractivity contribution is 5.66. The molecular formula is C10H18O5. The third kappa shape index (κ3) is 2.90. The van der Waals surface area contributed by atoms with Gasteiger partial charge in [-0.15, -0.1) is 0 Å². The zero-order chi connectivity index (χ0) is 12.3. The molecule has 0 unspecified atom stereocenters. The number of ether oxygens (including phenoxy) is 3. The van der Waals surface area contributed by atoms with E-state index in [2.05, 4.69) is 0 Å². The minimum atomic E-state index is -0.913. The molecule has 1 fully saturated rings. The molecule has 0 aromatic carbocycles. The monoisotopic (exact) mass is 219 g/mol. The van der Waals surface area contributed by atoms with Gasteiger partial charge in [-0.1, -0.05) is 0 Å². The first kappa shape index (κ1) is 10.9. The minimum absolute atomic E-state index is 0.343. The maximum absolute atomic E-state index is 11.0. The van der Waals surface area contributed by atoms with Crippen LogP contribution in [0, 0.1) is 0 Å². The van der Waals surface area contributed by atoms with E-state index in [0.29, 0.717) is 6.42 Å². The predicted octanol–water partition coefficient (Wildman–Crippen LogP) is 0.450. The second-order valence-corrected chi connectivity index (χ2v) is 4.05. The van der Waals surface area contributed by atoms with Gasteiger partial charge in [0.05, 0.1) is 6.10 Å². The van der Waals surface area contributed by atoms with Crippen LogP contribution in [0.15, 0.2) is 0 Å². The molecule has 0 aromatic rings. The molecule has 15 heavy (non-hydrogen) atoms. The number of esters is 1. The number of aliphatic hydroxyl groups is 1. The van der Waals surface area contributed by atoms with E-state index in [1.165, 1.54) is 14.0 Å². The van der Waals surface area contributed by atoms with Crippen LogP contribution in [0.2, 0.25) is 0 Å². The average Bonchev–Trinajstić information content (AvgIpc) is 2.23. The second kappa shape index (κ2) is 4.47. The summed E-state index contributed by atoms with van der Waals surface area (Å²) in [5.74, 6) is -0.417. The van der Waals surface area contributed by atoms with E-state index in [4.69, 9.17) is 20.8 Å². The minimum Gasteiger partial charge on any atom is -0.457 e. The molecule has 4 atom stereocenters. The van der Waals surface area contributed by atoms with Gasteiger partial charge in [0.15, 0.2) is 12.4 Å². The molecule has 0 aliphatic carbocycles. The van der Waals surface area contributed by atoms with Crippen LogP contribution in [0.5, 0.6) is 0 Å². The highest BCUT2D eigenvalue weighted by Crippen LogP contribution is 2.31. The number of hydrogen-bond acceptors (Lipinski definition) is 5. The molecule has 1 rings (SSSR count). The molecular weight excluding hydrogens is 200 g/mol. The summed E-state index contributed by atoms with van der Waals surface area (Å²) in [7, 11) is 1.52. The molecule has 0 amide bonds. The van der Waals surface area contributed by atoms with Crippen LogP contribution in [0.4, 0.5) is 0 Å². The highest BCUT2D eigenvalue weighted by atomic mass is 16.7. The van der Waals surface area contributed by atoms with E-state index in [1.54, 1.807) is 13.8 Å². The Hall–Kier alpha value is -0.650. The topological polar surface area (TPSA) is 65.0 Å². The fraction of sp³-hybridized carbons (Fsp3) is 0.900. The van der Waals surface area contributed by atoms with Gasteiger partial charge in [-0.25, -0.2) is 0 Å². The van der Waals surface area contributed by atoms with Crippen LogP contribution in [0.3, 0.4) is 0 Å². The van der Waals surface area contributed by atoms with Gasteiger partial charge >= 0.3 is 5.97 Å². The quantitative estimate of drug-likeness (QED) is 0.698. The lowest BCUT2D eigenvalue weighted by Crippen LogP contribution is -2.56. The Morgan fingerprint density at radius 3 is 2.87 bits per heavy atom. The molecule has 5 heteroatoms. The first-order chi connectivity index (χ1) is 7.42. The molecule has 1 N–H and O–H groups in total. The van der Waals surface area contributed by atoms with Crippen molar-refractivity contribution in [3.63, 3.8) is 0 Å². The van der Waals surface area contributed by atoms with Crippen molar-refractivity contribution < 1.29 is 24.1 Å². The van der Waals surface area contributed by atoms with Crippen LogP contribution in [0.1, 0.15) is 27.2 Å². The molecule has 5 nitrogen and oxygen atoms in total. The first-order valence-corrected chi connectivity index (χ1v) is 4.92. The van der Waals surface area contributed by atoms with Crippen molar-refractivity contribution in [2.75, 3.05) is 7.11 Å². The highest BCUT2D eigenvalue weighted by Gasteiger charge is 2.46. The van der Waals surface area contributed by atoms with Gasteiger partial charge in [0.1, 0.15) is 5.60 Å². The summed E-state index contributed by atoms with van der Waals surface area (Å²) in [6, 6.07) is 0. The zero-order valence-electron chi connectivity index (χ0n) is 10.5. The van der Waals surface area contributed by atoms with Crippen LogP contribution in [-0.4, -0.2) is 43.7 Å². The van der Waals surface area contributed by atoms with Gasteiger partial charge in [-0.3, -0.25) is 4.79 Å². The molecule has 1 heterocycles. The van der Waals surface area contributed by atoms with Crippen molar-refractivity contribution in [1.82, 2.24) is 0 Å². The normalized spacial score (nSPS) is 42.1. The molecule has 0 aromatic heterocycles. The molecule has 0 bridgehead atoms. The number of hydrogen-bond donors (Lipinski definition) is 1. The number of methoxy groups -OCH3 is 1. The van der Waals surface area contributed by atoms with Crippen molar-refractivity contribution in [2.24, 2.45) is 0 Å². The molecule has 1 aliphatic heterocycles. The van der Waals surface area contributed by atoms with E-state index in [-0.39, 0.29) is 6.10 Å². The van der Waals surface area contributed by atoms with E-state index in [9.17, 15) is 4.79 Å². The summed E-state index contributed by atoms with van der Waals surface area (Å²) in [4.78, 5) is 11.0. The van der Waals surface area contributed by atoms with Crippen LogP contribution >= 0.6 is 0 Å². The first-order valence-electron chi connectivity index (χ1n) is 5.33. The van der Waals surface area contributed by atoms with E-state index in [1.807, 2.05) is 0 Å². The largest absolute Gasteiger partial charge is 0.457 e. The zero-order valence-corrected chi connectivity index (χ0v) is 9.48. The Morgan fingerprint density at radius 2 is 2.40 bits per heavy atom. The van der Waals surface area contributed by atoms with Crippen LogP contribution < -0.4 is 0 Å². The Balaban J connectivity index is 2.83. The van der Waals surface area contributed by atoms with Crippen LogP contribution in [0.25, 0.3) is 0 Å². The Kier molecular flexibility index (Phi) is 3.23. The predicted molar refractivity (Wildman–Crippen MR) is 52.1 cm³/mol. The fourth-order valence-corrected chi connectivity index (χ4v) is 1.84. The van der Waals surface area contributed by atoms with Crippen molar-refractivity contribution in [3.8, 4) is 0 Å². The molecule has 1 aliphatic rings. The maximum atomic E-state index is 11.0. The Labute approximate surface area is 90.8 Å². The van der Waals surface area contributed by atoms with Crippen molar-refractivity contribution in [2.45, 2.75) is 51.3 Å². The van der Waals surface area contributed by atoms with E-state index in [0.717, 1.165) is 0 Å². The maximum Gasteiger partial charge on any atom is 0.303 e. The van der Waals surface area contributed by atoms with Gasteiger partial charge in [0, 0.05) is 20.5 Å². The van der Waals surface area contributed by atoms with Crippen molar-refractivity contribution in [3.05, 3.63) is 0 Å². The van der Waals surface area contributed by atoms with Gasteiger partial charge < -0.3 is 19.3 Å². The third-order valence-electron chi connectivity index (χ3n) is 2.52. The van der Waals surface area contributed by atoms with Gasteiger partial charge in [0.2, 0.25) is 1.43 Å². The SMILES string of the molecule is [2H]O[C@]1(C)C[C@H](OC)O[C@@H](C)[C@H]1OC(C)=O. The third-order valence-corrected chi connectivity index (χ3v) is 2.52. The average molecular weight is 219 g/mol. The van der Waals surface area contributed by atoms with E-state index >= 15 is 0 Å². The van der Waals surface area contributed by atoms with Gasteiger partial charge in [-0.2, -0.15) is 0 Å². The number of rotatable bonds is 3. The van der Waals surface area contributed by atoms with Crippen LogP contribution in [-0.2, 0) is 19.0 Å². The fourth-order valence-electron chi connectivity index (χ4n) is 1.84. The second-order valence-electron chi connectivity index (χ2n) is 4.05. The number of carbonyl (C=O) groups excluding carboxylic acids is 1. The molecule has 0 spiro atoms.